The smallest absolute Gasteiger partial charge is 0.194 e. The molecule has 20 heavy (non-hydrogen) atoms. The van der Waals surface area contributed by atoms with Gasteiger partial charge in [-0.05, 0) is 34.4 Å². The molecule has 1 aliphatic carbocycles. The minimum absolute atomic E-state index is 0.0657. The maximum atomic E-state index is 12.6. The Morgan fingerprint density at radius 2 is 1.65 bits per heavy atom. The molecule has 0 spiro atoms. The molecule has 0 heterocycles. The normalized spacial score (nSPS) is 15.8. The molecule has 0 atom stereocenters. The quantitative estimate of drug-likeness (QED) is 0.814. The fourth-order valence-corrected chi connectivity index (χ4v) is 2.75. The molecule has 0 aliphatic heterocycles. The molecule has 1 aromatic rings. The van der Waals surface area contributed by atoms with Crippen molar-refractivity contribution in [1.29, 1.82) is 0 Å². The van der Waals surface area contributed by atoms with Gasteiger partial charge in [0.1, 0.15) is 0 Å². The van der Waals surface area contributed by atoms with Gasteiger partial charge in [0.15, 0.2) is 5.78 Å². The summed E-state index contributed by atoms with van der Waals surface area (Å²) in [5, 5.41) is 2.18. The van der Waals surface area contributed by atoms with Crippen LogP contribution in [0.5, 0.6) is 0 Å². The Kier molecular flexibility index (Phi) is 4.19. The van der Waals surface area contributed by atoms with Crippen LogP contribution in [-0.2, 0) is 0 Å². The molecule has 1 aliphatic rings. The lowest BCUT2D eigenvalue weighted by molar-refractivity contribution is 0.104. The zero-order chi connectivity index (χ0) is 14.7. The summed E-state index contributed by atoms with van der Waals surface area (Å²) in [6.07, 6.45) is 9.53. The van der Waals surface area contributed by atoms with Gasteiger partial charge in [-0.2, -0.15) is 0 Å². The van der Waals surface area contributed by atoms with E-state index in [9.17, 15) is 4.79 Å². The number of fused-ring (bicyclic) bond motifs is 1. The van der Waals surface area contributed by atoms with E-state index in [2.05, 4.69) is 45.2 Å². The van der Waals surface area contributed by atoms with Crippen molar-refractivity contribution in [3.05, 3.63) is 64.6 Å². The van der Waals surface area contributed by atoms with Crippen LogP contribution in [0.1, 0.15) is 42.6 Å². The highest BCUT2D eigenvalue weighted by atomic mass is 16.1. The summed E-state index contributed by atoms with van der Waals surface area (Å²) in [5.41, 5.74) is 3.34. The van der Waals surface area contributed by atoms with E-state index in [0.29, 0.717) is 5.57 Å². The van der Waals surface area contributed by atoms with Crippen LogP contribution in [0, 0.1) is 0 Å². The third kappa shape index (κ3) is 2.09. The molecule has 102 valence electrons. The maximum Gasteiger partial charge on any atom is 0.194 e. The van der Waals surface area contributed by atoms with Crippen LogP contribution < -0.4 is 10.4 Å². The molecule has 0 aromatic heterocycles. The lowest BCUT2D eigenvalue weighted by atomic mass is 10.00. The van der Waals surface area contributed by atoms with Crippen molar-refractivity contribution in [2.75, 3.05) is 0 Å². The van der Waals surface area contributed by atoms with E-state index in [-0.39, 0.29) is 5.78 Å². The van der Waals surface area contributed by atoms with Crippen LogP contribution in [0.2, 0.25) is 0 Å². The number of benzene rings is 1. The van der Waals surface area contributed by atoms with Gasteiger partial charge in [-0.3, -0.25) is 4.79 Å². The fourth-order valence-electron chi connectivity index (χ4n) is 2.75. The molecular weight excluding hydrogens is 244 g/mol. The summed E-state index contributed by atoms with van der Waals surface area (Å²) in [6, 6.07) is 4.11. The van der Waals surface area contributed by atoms with E-state index in [4.69, 9.17) is 0 Å². The third-order valence-electron chi connectivity index (χ3n) is 3.57. The Hall–Kier alpha value is -2.15. The number of carbonyl (C=O) groups is 1. The van der Waals surface area contributed by atoms with Gasteiger partial charge >= 0.3 is 0 Å². The Morgan fingerprint density at radius 1 is 1.00 bits per heavy atom. The van der Waals surface area contributed by atoms with E-state index < -0.39 is 0 Å². The Balaban J connectivity index is 2.90. The summed E-state index contributed by atoms with van der Waals surface area (Å²) in [6.45, 7) is 11.8. The fraction of sp³-hybridized carbons (Fsp3) is 0.211. The predicted octanol–water partition coefficient (Wildman–Crippen LogP) is 3.39. The summed E-state index contributed by atoms with van der Waals surface area (Å²) in [5.74, 6) is 0.0657. The molecule has 0 N–H and O–H groups in total. The molecule has 0 radical (unpaired) electrons. The Labute approximate surface area is 120 Å². The number of allylic oxidation sites excluding steroid dienone is 4. The van der Waals surface area contributed by atoms with E-state index in [1.54, 1.807) is 12.2 Å². The van der Waals surface area contributed by atoms with Crippen molar-refractivity contribution in [3.63, 3.8) is 0 Å². The van der Waals surface area contributed by atoms with Crippen molar-refractivity contribution in [2.24, 2.45) is 0 Å². The number of ketones is 1. The van der Waals surface area contributed by atoms with Gasteiger partial charge in [0, 0.05) is 11.1 Å². The molecule has 0 saturated heterocycles. The van der Waals surface area contributed by atoms with Gasteiger partial charge in [-0.1, -0.05) is 63.4 Å². The topological polar surface area (TPSA) is 17.1 Å². The first-order chi connectivity index (χ1) is 9.69. The number of hydrogen-bond donors (Lipinski definition) is 0. The summed E-state index contributed by atoms with van der Waals surface area (Å²) in [4.78, 5) is 12.6. The number of hydrogen-bond acceptors (Lipinski definition) is 1. The number of Topliss-reactive ketones (excluding diaryl/α,β-unsaturated/α-hetero) is 1. The second kappa shape index (κ2) is 5.87. The van der Waals surface area contributed by atoms with Crippen molar-refractivity contribution in [2.45, 2.75) is 26.7 Å². The summed E-state index contributed by atoms with van der Waals surface area (Å²) >= 11 is 0. The van der Waals surface area contributed by atoms with Crippen molar-refractivity contribution in [1.82, 2.24) is 0 Å². The lowest BCUT2D eigenvalue weighted by Crippen LogP contribution is -2.30. The van der Waals surface area contributed by atoms with Crippen LogP contribution >= 0.6 is 0 Å². The molecule has 1 aromatic carbocycles. The van der Waals surface area contributed by atoms with E-state index in [1.165, 1.54) is 0 Å². The maximum absolute atomic E-state index is 12.6. The lowest BCUT2D eigenvalue weighted by Gasteiger charge is -2.03. The molecule has 0 fully saturated rings. The molecule has 0 amide bonds. The minimum atomic E-state index is 0.0657. The summed E-state index contributed by atoms with van der Waals surface area (Å²) in [7, 11) is 0. The van der Waals surface area contributed by atoms with E-state index >= 15 is 0 Å². The second-order valence-corrected chi connectivity index (χ2v) is 4.78. The minimum Gasteiger partial charge on any atom is -0.289 e. The summed E-state index contributed by atoms with van der Waals surface area (Å²) < 4.78 is 0. The third-order valence-corrected chi connectivity index (χ3v) is 3.57. The predicted molar refractivity (Wildman–Crippen MR) is 86.8 cm³/mol. The molecule has 2 rings (SSSR count). The average Bonchev–Trinajstić information content (AvgIpc) is 2.73. The zero-order valence-electron chi connectivity index (χ0n) is 12.2. The van der Waals surface area contributed by atoms with Crippen molar-refractivity contribution < 1.29 is 4.79 Å². The molecular formula is C19H20O. The molecule has 1 nitrogen and oxygen atoms in total. The monoisotopic (exact) mass is 264 g/mol. The highest BCUT2D eigenvalue weighted by Crippen LogP contribution is 2.31. The van der Waals surface area contributed by atoms with E-state index in [1.807, 2.05) is 6.07 Å². The van der Waals surface area contributed by atoms with Crippen LogP contribution in [0.3, 0.4) is 0 Å². The molecule has 1 heteroatoms. The first-order valence-electron chi connectivity index (χ1n) is 7.07. The standard InChI is InChI=1S/C19H20O/c1-5-9-13-11-12-17-14(7-3)15(8-4)19(20)18(17)16(13)10-6-2/h7-12H,3-6H2,1-2H3/b13-9-,16-10+. The largest absolute Gasteiger partial charge is 0.289 e. The van der Waals surface area contributed by atoms with Gasteiger partial charge in [0.2, 0.25) is 0 Å². The van der Waals surface area contributed by atoms with Crippen LogP contribution in [-0.4, -0.2) is 5.78 Å². The molecule has 0 unspecified atom stereocenters. The van der Waals surface area contributed by atoms with Gasteiger partial charge in [-0.25, -0.2) is 0 Å². The van der Waals surface area contributed by atoms with Crippen LogP contribution in [0.4, 0.5) is 0 Å². The first kappa shape index (κ1) is 14.3. The van der Waals surface area contributed by atoms with Crippen LogP contribution in [0.25, 0.3) is 17.7 Å². The first-order valence-corrected chi connectivity index (χ1v) is 7.07. The van der Waals surface area contributed by atoms with Crippen molar-refractivity contribution >= 4 is 23.5 Å². The van der Waals surface area contributed by atoms with E-state index in [0.717, 1.165) is 40.0 Å². The Bertz CT molecular complexity index is 730. The molecule has 0 bridgehead atoms. The van der Waals surface area contributed by atoms with Gasteiger partial charge in [0.05, 0.1) is 0 Å². The number of carbonyl (C=O) groups excluding carboxylic acids is 1. The average molecular weight is 264 g/mol. The highest BCUT2D eigenvalue weighted by molar-refractivity contribution is 6.23. The highest BCUT2D eigenvalue weighted by Gasteiger charge is 2.27. The number of rotatable bonds is 4. The zero-order valence-corrected chi connectivity index (χ0v) is 12.2. The van der Waals surface area contributed by atoms with Crippen LogP contribution in [0.15, 0.2) is 43.0 Å². The SMILES string of the molecule is C=CC1=C(C=C)c2ccc(=C/CC)/c(=C\CC)c2C1=O. The van der Waals surface area contributed by atoms with Gasteiger partial charge in [-0.15, -0.1) is 0 Å². The Morgan fingerprint density at radius 3 is 2.20 bits per heavy atom. The van der Waals surface area contributed by atoms with Gasteiger partial charge < -0.3 is 0 Å². The second-order valence-electron chi connectivity index (χ2n) is 4.78. The van der Waals surface area contributed by atoms with Gasteiger partial charge in [0.25, 0.3) is 0 Å². The van der Waals surface area contributed by atoms with Crippen molar-refractivity contribution in [3.8, 4) is 0 Å². The molecule has 0 saturated carbocycles.